The number of hydrogen-bond acceptors (Lipinski definition) is 2. The van der Waals surface area contributed by atoms with Gasteiger partial charge in [-0.1, -0.05) is 172 Å². The maximum atomic E-state index is 6.57. The Balaban J connectivity index is 0.927. The molecule has 0 bridgehead atoms. The van der Waals surface area contributed by atoms with Crippen LogP contribution in [0.1, 0.15) is 25.0 Å². The molecule has 1 aliphatic carbocycles. The number of fused-ring (bicyclic) bond motifs is 13. The monoisotopic (exact) mass is 828 g/mol. The maximum Gasteiger partial charge on any atom is 0.135 e. The zero-order valence-electron chi connectivity index (χ0n) is 35.9. The number of rotatable bonds is 4. The SMILES string of the molecule is CC1(C)c2ccc(-c3ccc4oc5ccc(-c6c7ccccc7c(-c7ccccc7-c7ccc8oc9ccccc9c8c7)c7ccccc67)cc5c4c3)cc2-c2ccc3ccccc3c21. The lowest BCUT2D eigenvalue weighted by Gasteiger charge is -2.23. The van der Waals surface area contributed by atoms with Crippen molar-refractivity contribution in [2.75, 3.05) is 0 Å². The van der Waals surface area contributed by atoms with Gasteiger partial charge in [0.15, 0.2) is 0 Å². The molecule has 13 aromatic rings. The summed E-state index contributed by atoms with van der Waals surface area (Å²) in [5.41, 5.74) is 18.5. The molecule has 0 aliphatic heterocycles. The van der Waals surface area contributed by atoms with E-state index in [0.717, 1.165) is 49.4 Å². The Kier molecular flexibility index (Phi) is 7.49. The highest BCUT2D eigenvalue weighted by atomic mass is 16.3. The van der Waals surface area contributed by atoms with E-state index >= 15 is 0 Å². The molecule has 2 aromatic heterocycles. The third kappa shape index (κ3) is 5.23. The molecule has 65 heavy (non-hydrogen) atoms. The van der Waals surface area contributed by atoms with Gasteiger partial charge in [0.2, 0.25) is 0 Å². The number of hydrogen-bond donors (Lipinski definition) is 0. The molecule has 304 valence electrons. The second-order valence-corrected chi connectivity index (χ2v) is 18.3. The Bertz CT molecular complexity index is 4100. The van der Waals surface area contributed by atoms with Crippen LogP contribution in [0.3, 0.4) is 0 Å². The minimum Gasteiger partial charge on any atom is -0.456 e. The summed E-state index contributed by atoms with van der Waals surface area (Å²) in [6.45, 7) is 4.74. The van der Waals surface area contributed by atoms with Crippen molar-refractivity contribution >= 4 is 76.2 Å². The molecule has 14 rings (SSSR count). The summed E-state index contributed by atoms with van der Waals surface area (Å²) in [5, 5.41) is 12.0. The van der Waals surface area contributed by atoms with Gasteiger partial charge in [-0.05, 0) is 148 Å². The lowest BCUT2D eigenvalue weighted by Crippen LogP contribution is -2.15. The molecule has 2 heteroatoms. The van der Waals surface area contributed by atoms with Crippen LogP contribution < -0.4 is 0 Å². The molecule has 0 radical (unpaired) electrons. The van der Waals surface area contributed by atoms with Gasteiger partial charge < -0.3 is 8.83 Å². The van der Waals surface area contributed by atoms with Crippen molar-refractivity contribution in [1.82, 2.24) is 0 Å². The van der Waals surface area contributed by atoms with Crippen LogP contribution in [0.2, 0.25) is 0 Å². The van der Waals surface area contributed by atoms with Crippen LogP contribution in [0, 0.1) is 0 Å². The number of benzene rings is 11. The zero-order chi connectivity index (χ0) is 43.0. The van der Waals surface area contributed by atoms with E-state index in [1.54, 1.807) is 0 Å². The van der Waals surface area contributed by atoms with E-state index in [1.807, 2.05) is 12.1 Å². The van der Waals surface area contributed by atoms with Gasteiger partial charge in [-0.15, -0.1) is 0 Å². The quantitative estimate of drug-likeness (QED) is 0.165. The molecule has 0 atom stereocenters. The Labute approximate surface area is 375 Å². The molecular weight excluding hydrogens is 789 g/mol. The fourth-order valence-electron chi connectivity index (χ4n) is 11.5. The van der Waals surface area contributed by atoms with Gasteiger partial charge in [0.1, 0.15) is 22.3 Å². The summed E-state index contributed by atoms with van der Waals surface area (Å²) < 4.78 is 12.8. The highest BCUT2D eigenvalue weighted by molar-refractivity contribution is 6.23. The standard InChI is InChI=1S/C63H40O2/c1-63(2)55-29-24-38(33-51(55)50-28-23-37-13-3-4-15-43(37)62(50)63)39-25-30-58-53(34-39)54-36-41(27-32-59(54)65-58)60-46-18-7-9-20-48(46)61(49-21-10-8-19-47(49)60)45-17-6-5-14-42(45)40-26-31-57-52(35-40)44-16-11-12-22-56(44)64-57/h3-36H,1-2H3. The molecule has 11 aromatic carbocycles. The summed E-state index contributed by atoms with van der Waals surface area (Å²) in [4.78, 5) is 0. The average molecular weight is 829 g/mol. The van der Waals surface area contributed by atoms with Crippen molar-refractivity contribution in [3.05, 3.63) is 217 Å². The summed E-state index contributed by atoms with van der Waals surface area (Å²) in [6.07, 6.45) is 0. The van der Waals surface area contributed by atoms with Crippen molar-refractivity contribution in [3.63, 3.8) is 0 Å². The van der Waals surface area contributed by atoms with E-state index in [9.17, 15) is 0 Å². The van der Waals surface area contributed by atoms with Crippen LogP contribution in [-0.2, 0) is 5.41 Å². The smallest absolute Gasteiger partial charge is 0.135 e. The van der Waals surface area contributed by atoms with Crippen molar-refractivity contribution in [2.45, 2.75) is 19.3 Å². The summed E-state index contributed by atoms with van der Waals surface area (Å²) in [6, 6.07) is 75.5. The van der Waals surface area contributed by atoms with E-state index in [1.165, 1.54) is 93.5 Å². The fourth-order valence-corrected chi connectivity index (χ4v) is 11.5. The highest BCUT2D eigenvalue weighted by Crippen LogP contribution is 2.53. The van der Waals surface area contributed by atoms with Crippen LogP contribution in [-0.4, -0.2) is 0 Å². The van der Waals surface area contributed by atoms with Crippen LogP contribution in [0.15, 0.2) is 215 Å². The lowest BCUT2D eigenvalue weighted by atomic mass is 9.80. The van der Waals surface area contributed by atoms with Crippen molar-refractivity contribution < 1.29 is 8.83 Å². The van der Waals surface area contributed by atoms with Crippen LogP contribution in [0.4, 0.5) is 0 Å². The second kappa shape index (κ2) is 13.4. The molecule has 0 amide bonds. The van der Waals surface area contributed by atoms with Gasteiger partial charge >= 0.3 is 0 Å². The van der Waals surface area contributed by atoms with Gasteiger partial charge in [-0.25, -0.2) is 0 Å². The van der Waals surface area contributed by atoms with Crippen LogP contribution in [0.25, 0.3) is 132 Å². The maximum absolute atomic E-state index is 6.57. The Morgan fingerprint density at radius 1 is 0.292 bits per heavy atom. The van der Waals surface area contributed by atoms with E-state index < -0.39 is 0 Å². The zero-order valence-corrected chi connectivity index (χ0v) is 35.9. The highest BCUT2D eigenvalue weighted by Gasteiger charge is 2.37. The van der Waals surface area contributed by atoms with Crippen LogP contribution in [0.5, 0.6) is 0 Å². The Morgan fingerprint density at radius 2 is 0.769 bits per heavy atom. The van der Waals surface area contributed by atoms with E-state index in [0.29, 0.717) is 0 Å². The predicted octanol–water partition coefficient (Wildman–Crippen LogP) is 17.9. The van der Waals surface area contributed by atoms with E-state index in [-0.39, 0.29) is 5.41 Å². The topological polar surface area (TPSA) is 26.3 Å². The molecular formula is C63H40O2. The van der Waals surface area contributed by atoms with Crippen molar-refractivity contribution in [3.8, 4) is 55.6 Å². The predicted molar refractivity (Wildman–Crippen MR) is 273 cm³/mol. The molecule has 0 saturated carbocycles. The summed E-state index contributed by atoms with van der Waals surface area (Å²) in [7, 11) is 0. The molecule has 2 nitrogen and oxygen atoms in total. The lowest BCUT2D eigenvalue weighted by molar-refractivity contribution is 0.666. The first-order valence-electron chi connectivity index (χ1n) is 22.6. The molecule has 2 heterocycles. The number of furan rings is 2. The van der Waals surface area contributed by atoms with Gasteiger partial charge in [0, 0.05) is 27.0 Å². The second-order valence-electron chi connectivity index (χ2n) is 18.3. The molecule has 0 spiro atoms. The summed E-state index contributed by atoms with van der Waals surface area (Å²) in [5.74, 6) is 0. The average Bonchev–Trinajstić information content (AvgIpc) is 3.99. The van der Waals surface area contributed by atoms with Crippen molar-refractivity contribution in [1.29, 1.82) is 0 Å². The normalized spacial score (nSPS) is 13.2. The minimum atomic E-state index is -0.0909. The van der Waals surface area contributed by atoms with Gasteiger partial charge in [0.05, 0.1) is 0 Å². The van der Waals surface area contributed by atoms with Gasteiger partial charge in [-0.3, -0.25) is 0 Å². The fraction of sp³-hybridized carbons (Fsp3) is 0.0476. The van der Waals surface area contributed by atoms with Crippen LogP contribution >= 0.6 is 0 Å². The molecule has 0 saturated heterocycles. The third-order valence-corrected chi connectivity index (χ3v) is 14.4. The van der Waals surface area contributed by atoms with E-state index in [4.69, 9.17) is 8.83 Å². The van der Waals surface area contributed by atoms with Gasteiger partial charge in [-0.2, -0.15) is 0 Å². The minimum absolute atomic E-state index is 0.0909. The molecule has 0 N–H and O–H groups in total. The number of para-hydroxylation sites is 1. The van der Waals surface area contributed by atoms with Crippen molar-refractivity contribution in [2.24, 2.45) is 0 Å². The molecule has 0 unspecified atom stereocenters. The largest absolute Gasteiger partial charge is 0.456 e. The molecule has 0 fully saturated rings. The third-order valence-electron chi connectivity index (χ3n) is 14.4. The first-order chi connectivity index (χ1) is 32.0. The Hall–Kier alpha value is -8.20. The Morgan fingerprint density at radius 3 is 1.48 bits per heavy atom. The van der Waals surface area contributed by atoms with Gasteiger partial charge in [0.25, 0.3) is 0 Å². The molecule has 1 aliphatic rings. The summed E-state index contributed by atoms with van der Waals surface area (Å²) >= 11 is 0. The first-order valence-corrected chi connectivity index (χ1v) is 22.6. The van der Waals surface area contributed by atoms with E-state index in [2.05, 4.69) is 208 Å². The first kappa shape index (κ1) is 36.3.